The summed E-state index contributed by atoms with van der Waals surface area (Å²) in [6.45, 7) is 0.642. The quantitative estimate of drug-likeness (QED) is 0.612. The predicted octanol–water partition coefficient (Wildman–Crippen LogP) is 3.55. The highest BCUT2D eigenvalue weighted by molar-refractivity contribution is 7.10. The molecule has 3 N–H and O–H groups in total. The smallest absolute Gasteiger partial charge is 0.322 e. The summed E-state index contributed by atoms with van der Waals surface area (Å²) in [5.74, 6) is 0.00681. The average Bonchev–Trinajstić information content (AvgIpc) is 3.59. The molecule has 9 heteroatoms. The molecule has 1 spiro atoms. The van der Waals surface area contributed by atoms with Gasteiger partial charge in [0.2, 0.25) is 5.91 Å². The van der Waals surface area contributed by atoms with E-state index in [-0.39, 0.29) is 29.2 Å². The maximum Gasteiger partial charge on any atom is 0.322 e. The molecule has 4 heterocycles. The number of carbonyl (C=O) groups is 2. The number of thiophene rings is 1. The molecule has 8 nitrogen and oxygen atoms in total. The first-order valence-corrected chi connectivity index (χ1v) is 13.0. The molecule has 1 saturated heterocycles. The van der Waals surface area contributed by atoms with Gasteiger partial charge in [-0.3, -0.25) is 19.6 Å². The SMILES string of the molecule is CN(C)C1(c2cccs2)CCC2(CC1)CN(C1=CNC(c3cccc4c3CC(=O)N4)N=C1)C(=O)N2. The van der Waals surface area contributed by atoms with Gasteiger partial charge in [-0.1, -0.05) is 18.2 Å². The van der Waals surface area contributed by atoms with Gasteiger partial charge in [-0.25, -0.2) is 4.79 Å². The van der Waals surface area contributed by atoms with Gasteiger partial charge in [-0.2, -0.15) is 0 Å². The maximum absolute atomic E-state index is 13.0. The third-order valence-electron chi connectivity index (χ3n) is 8.12. The van der Waals surface area contributed by atoms with E-state index in [0.717, 1.165) is 48.2 Å². The summed E-state index contributed by atoms with van der Waals surface area (Å²) in [6.07, 6.45) is 7.63. The van der Waals surface area contributed by atoms with Crippen molar-refractivity contribution in [2.24, 2.45) is 4.99 Å². The highest BCUT2D eigenvalue weighted by Crippen LogP contribution is 2.47. The Hall–Kier alpha value is -3.17. The summed E-state index contributed by atoms with van der Waals surface area (Å²) < 4.78 is 0. The van der Waals surface area contributed by atoms with Crippen molar-refractivity contribution in [3.05, 3.63) is 63.6 Å². The molecule has 1 aliphatic carbocycles. The van der Waals surface area contributed by atoms with Gasteiger partial charge in [0.25, 0.3) is 0 Å². The van der Waals surface area contributed by atoms with Crippen LogP contribution in [0.4, 0.5) is 10.5 Å². The fourth-order valence-electron chi connectivity index (χ4n) is 6.04. The molecule has 1 atom stereocenters. The Balaban J connectivity index is 1.16. The Labute approximate surface area is 209 Å². The van der Waals surface area contributed by atoms with E-state index < -0.39 is 0 Å². The molecule has 6 rings (SSSR count). The molecule has 0 bridgehead atoms. The van der Waals surface area contributed by atoms with Crippen LogP contribution in [0.25, 0.3) is 0 Å². The van der Waals surface area contributed by atoms with Gasteiger partial charge in [-0.05, 0) is 62.9 Å². The second kappa shape index (κ2) is 8.20. The monoisotopic (exact) mass is 490 g/mol. The highest BCUT2D eigenvalue weighted by Gasteiger charge is 2.51. The number of hydrogen-bond acceptors (Lipinski definition) is 6. The number of carbonyl (C=O) groups excluding carboxylic acids is 2. The maximum atomic E-state index is 13.0. The first-order chi connectivity index (χ1) is 16.9. The topological polar surface area (TPSA) is 89.1 Å². The number of fused-ring (bicyclic) bond motifs is 1. The van der Waals surface area contributed by atoms with Crippen molar-refractivity contribution >= 4 is 35.2 Å². The second-order valence-electron chi connectivity index (χ2n) is 10.2. The Kier molecular flexibility index (Phi) is 5.23. The zero-order chi connectivity index (χ0) is 24.2. The van der Waals surface area contributed by atoms with E-state index >= 15 is 0 Å². The number of urea groups is 1. The third-order valence-corrected chi connectivity index (χ3v) is 9.19. The Bertz CT molecular complexity index is 1230. The molecule has 1 aromatic carbocycles. The van der Waals surface area contributed by atoms with E-state index in [1.807, 2.05) is 35.7 Å². The van der Waals surface area contributed by atoms with Gasteiger partial charge < -0.3 is 16.0 Å². The van der Waals surface area contributed by atoms with Gasteiger partial charge in [0.15, 0.2) is 0 Å². The minimum absolute atomic E-state index is 0.00681. The number of amides is 3. The van der Waals surface area contributed by atoms with E-state index in [4.69, 9.17) is 4.99 Å². The number of nitrogens with one attached hydrogen (secondary N) is 3. The molecule has 1 unspecified atom stereocenters. The minimum Gasteiger partial charge on any atom is -0.364 e. The zero-order valence-corrected chi connectivity index (χ0v) is 20.8. The molecule has 2 aromatic rings. The number of hydrogen-bond donors (Lipinski definition) is 3. The Morgan fingerprint density at radius 2 is 1.94 bits per heavy atom. The van der Waals surface area contributed by atoms with Crippen LogP contribution < -0.4 is 16.0 Å². The summed E-state index contributed by atoms with van der Waals surface area (Å²) in [4.78, 5) is 35.2. The lowest BCUT2D eigenvalue weighted by Crippen LogP contribution is -2.53. The van der Waals surface area contributed by atoms with Gasteiger partial charge in [0.1, 0.15) is 6.17 Å². The van der Waals surface area contributed by atoms with Crippen LogP contribution in [0.1, 0.15) is 47.9 Å². The molecule has 2 fully saturated rings. The van der Waals surface area contributed by atoms with Crippen molar-refractivity contribution in [2.45, 2.75) is 49.3 Å². The summed E-state index contributed by atoms with van der Waals surface area (Å²) in [5, 5.41) is 11.7. The van der Waals surface area contributed by atoms with Crippen molar-refractivity contribution in [3.8, 4) is 0 Å². The number of rotatable bonds is 4. The molecular weight excluding hydrogens is 460 g/mol. The number of nitrogens with zero attached hydrogens (tertiary/aromatic N) is 3. The summed E-state index contributed by atoms with van der Waals surface area (Å²) in [6, 6.07) is 10.1. The zero-order valence-electron chi connectivity index (χ0n) is 20.0. The van der Waals surface area contributed by atoms with Crippen LogP contribution in [0.5, 0.6) is 0 Å². The van der Waals surface area contributed by atoms with Gasteiger partial charge in [-0.15, -0.1) is 11.3 Å². The molecule has 3 aliphatic heterocycles. The van der Waals surface area contributed by atoms with E-state index in [9.17, 15) is 9.59 Å². The van der Waals surface area contributed by atoms with Crippen molar-refractivity contribution in [3.63, 3.8) is 0 Å². The van der Waals surface area contributed by atoms with Gasteiger partial charge in [0, 0.05) is 28.5 Å². The third kappa shape index (κ3) is 3.65. The van der Waals surface area contributed by atoms with E-state index in [1.54, 1.807) is 11.1 Å². The molecule has 35 heavy (non-hydrogen) atoms. The minimum atomic E-state index is -0.276. The number of benzene rings is 1. The highest BCUT2D eigenvalue weighted by atomic mass is 32.1. The normalized spacial score (nSPS) is 29.7. The molecule has 182 valence electrons. The molecule has 3 amide bonds. The predicted molar refractivity (Wildman–Crippen MR) is 137 cm³/mol. The van der Waals surface area contributed by atoms with Crippen LogP contribution in [0.15, 0.2) is 52.6 Å². The Morgan fingerprint density at radius 3 is 2.63 bits per heavy atom. The summed E-state index contributed by atoms with van der Waals surface area (Å²) in [7, 11) is 4.33. The fraction of sp³-hybridized carbons (Fsp3) is 0.423. The van der Waals surface area contributed by atoms with Gasteiger partial charge in [0.05, 0.1) is 29.7 Å². The van der Waals surface area contributed by atoms with Crippen LogP contribution in [-0.4, -0.2) is 54.1 Å². The van der Waals surface area contributed by atoms with E-state index in [2.05, 4.69) is 52.5 Å². The Morgan fingerprint density at radius 1 is 1.11 bits per heavy atom. The van der Waals surface area contributed by atoms with Crippen LogP contribution in [-0.2, 0) is 16.8 Å². The van der Waals surface area contributed by atoms with Crippen LogP contribution in [0.2, 0.25) is 0 Å². The summed E-state index contributed by atoms with van der Waals surface area (Å²) >= 11 is 1.82. The second-order valence-corrected chi connectivity index (χ2v) is 11.2. The molecule has 1 saturated carbocycles. The average molecular weight is 491 g/mol. The first kappa shape index (κ1) is 22.3. The summed E-state index contributed by atoms with van der Waals surface area (Å²) in [5.41, 5.74) is 3.40. The van der Waals surface area contributed by atoms with Crippen LogP contribution in [0, 0.1) is 0 Å². The van der Waals surface area contributed by atoms with E-state index in [0.29, 0.717) is 13.0 Å². The fourth-order valence-corrected chi connectivity index (χ4v) is 7.11. The van der Waals surface area contributed by atoms with Crippen molar-refractivity contribution in [1.29, 1.82) is 0 Å². The van der Waals surface area contributed by atoms with Crippen molar-refractivity contribution in [2.75, 3.05) is 26.0 Å². The molecule has 1 aromatic heterocycles. The standard InChI is InChI=1S/C26H30N6O2S/c1-31(2)26(21-7-4-12-35-21)10-8-25(9-11-26)16-32(24(34)30-25)17-14-27-23(28-15-17)18-5-3-6-20-19(18)13-22(33)29-20/h3-7,12,14-15,23,27H,8-11,13,16H2,1-2H3,(H,29,33)(H,30,34). The number of aliphatic imine (C=N–C) groups is 1. The van der Waals surface area contributed by atoms with Crippen LogP contribution in [0.3, 0.4) is 0 Å². The van der Waals surface area contributed by atoms with Gasteiger partial charge >= 0.3 is 6.03 Å². The molecule has 4 aliphatic rings. The molecule has 0 radical (unpaired) electrons. The van der Waals surface area contributed by atoms with Crippen molar-refractivity contribution < 1.29 is 9.59 Å². The lowest BCUT2D eigenvalue weighted by atomic mass is 9.71. The van der Waals surface area contributed by atoms with Crippen molar-refractivity contribution in [1.82, 2.24) is 20.4 Å². The lowest BCUT2D eigenvalue weighted by Gasteiger charge is -2.47. The lowest BCUT2D eigenvalue weighted by molar-refractivity contribution is -0.115. The molecular formula is C26H30N6O2S. The largest absolute Gasteiger partial charge is 0.364 e. The number of allylic oxidation sites excluding steroid dienone is 1. The first-order valence-electron chi connectivity index (χ1n) is 12.1. The van der Waals surface area contributed by atoms with E-state index in [1.165, 1.54) is 4.88 Å². The number of anilines is 1. The van der Waals surface area contributed by atoms with Crippen LogP contribution >= 0.6 is 11.3 Å².